The van der Waals surface area contributed by atoms with Crippen LogP contribution in [0.1, 0.15) is 27.9 Å². The van der Waals surface area contributed by atoms with Gasteiger partial charge in [-0.3, -0.25) is 4.79 Å². The van der Waals surface area contributed by atoms with Gasteiger partial charge < -0.3 is 4.90 Å². The van der Waals surface area contributed by atoms with Crippen molar-refractivity contribution in [1.82, 2.24) is 0 Å². The molecule has 2 aromatic carbocycles. The number of rotatable bonds is 4. The molecule has 0 spiro atoms. The highest BCUT2D eigenvalue weighted by atomic mass is 16.1. The Morgan fingerprint density at radius 1 is 1.09 bits per heavy atom. The Labute approximate surface area is 132 Å². The van der Waals surface area contributed by atoms with Crippen molar-refractivity contribution in [3.8, 4) is 0 Å². The van der Waals surface area contributed by atoms with E-state index in [4.69, 9.17) is 0 Å². The predicted octanol–water partition coefficient (Wildman–Crippen LogP) is 4.21. The smallest absolute Gasteiger partial charge is 0.166 e. The molecule has 1 atom stereocenters. The molecule has 1 aliphatic carbocycles. The van der Waals surface area contributed by atoms with E-state index in [1.807, 2.05) is 32.3 Å². The van der Waals surface area contributed by atoms with Crippen molar-refractivity contribution in [1.29, 1.82) is 0 Å². The number of Topliss-reactive ketones (excluding diaryl/α,β-unsaturated/α-hetero) is 1. The van der Waals surface area contributed by atoms with E-state index in [-0.39, 0.29) is 5.92 Å². The van der Waals surface area contributed by atoms with E-state index in [0.717, 1.165) is 18.4 Å². The summed E-state index contributed by atoms with van der Waals surface area (Å²) < 4.78 is 0. The Balaban J connectivity index is 1.63. The summed E-state index contributed by atoms with van der Waals surface area (Å²) >= 11 is 0. The van der Waals surface area contributed by atoms with Gasteiger partial charge in [0.1, 0.15) is 0 Å². The highest BCUT2D eigenvalue weighted by molar-refractivity contribution is 6.02. The van der Waals surface area contributed by atoms with Crippen molar-refractivity contribution in [3.63, 3.8) is 0 Å². The van der Waals surface area contributed by atoms with Crippen LogP contribution in [0.3, 0.4) is 0 Å². The van der Waals surface area contributed by atoms with Crippen molar-refractivity contribution in [2.24, 2.45) is 5.92 Å². The lowest BCUT2D eigenvalue weighted by Gasteiger charge is -2.11. The average molecular weight is 291 g/mol. The van der Waals surface area contributed by atoms with Crippen molar-refractivity contribution in [2.75, 3.05) is 19.0 Å². The van der Waals surface area contributed by atoms with Gasteiger partial charge in [0.2, 0.25) is 0 Å². The zero-order valence-electron chi connectivity index (χ0n) is 13.1. The molecule has 112 valence electrons. The van der Waals surface area contributed by atoms with Crippen LogP contribution in [0.5, 0.6) is 0 Å². The van der Waals surface area contributed by atoms with E-state index < -0.39 is 0 Å². The van der Waals surface area contributed by atoms with Crippen molar-refractivity contribution in [2.45, 2.75) is 12.8 Å². The molecule has 22 heavy (non-hydrogen) atoms. The molecule has 1 unspecified atom stereocenters. The van der Waals surface area contributed by atoms with Gasteiger partial charge in [-0.25, -0.2) is 0 Å². The quantitative estimate of drug-likeness (QED) is 0.841. The fourth-order valence-electron chi connectivity index (χ4n) is 2.96. The average Bonchev–Trinajstić information content (AvgIpc) is 2.85. The second-order valence-corrected chi connectivity index (χ2v) is 6.05. The van der Waals surface area contributed by atoms with E-state index >= 15 is 0 Å². The number of nitrogens with zero attached hydrogens (tertiary/aromatic N) is 1. The number of ketones is 1. The fourth-order valence-corrected chi connectivity index (χ4v) is 2.96. The third-order valence-electron chi connectivity index (χ3n) is 4.26. The SMILES string of the molecule is CN(C)c1ccc(C=CCC2Cc3ccccc3C2=O)cc1. The molecule has 0 N–H and O–H groups in total. The molecule has 1 aliphatic rings. The molecule has 0 radical (unpaired) electrons. The summed E-state index contributed by atoms with van der Waals surface area (Å²) in [5, 5.41) is 0. The second-order valence-electron chi connectivity index (χ2n) is 6.05. The van der Waals surface area contributed by atoms with Crippen LogP contribution in [0.4, 0.5) is 5.69 Å². The summed E-state index contributed by atoms with van der Waals surface area (Å²) in [6.07, 6.45) is 5.91. The molecule has 0 saturated heterocycles. The second kappa shape index (κ2) is 6.18. The van der Waals surface area contributed by atoms with Crippen molar-refractivity contribution >= 4 is 17.5 Å². The maximum Gasteiger partial charge on any atom is 0.166 e. The van der Waals surface area contributed by atoms with Gasteiger partial charge >= 0.3 is 0 Å². The normalized spacial score (nSPS) is 17.0. The third kappa shape index (κ3) is 2.96. The lowest BCUT2D eigenvalue weighted by Crippen LogP contribution is -2.08. The molecule has 0 aliphatic heterocycles. The lowest BCUT2D eigenvalue weighted by atomic mass is 10.0. The zero-order valence-corrected chi connectivity index (χ0v) is 13.1. The van der Waals surface area contributed by atoms with Gasteiger partial charge in [-0.15, -0.1) is 0 Å². The first-order valence-corrected chi connectivity index (χ1v) is 7.71. The molecule has 2 nitrogen and oxygen atoms in total. The molecular weight excluding hydrogens is 270 g/mol. The molecule has 0 bridgehead atoms. The third-order valence-corrected chi connectivity index (χ3v) is 4.26. The van der Waals surface area contributed by atoms with Gasteiger partial charge in [0, 0.05) is 31.3 Å². The minimum atomic E-state index is 0.106. The number of carbonyl (C=O) groups excluding carboxylic acids is 1. The molecule has 0 amide bonds. The maximum absolute atomic E-state index is 12.3. The molecule has 0 aromatic heterocycles. The van der Waals surface area contributed by atoms with Gasteiger partial charge in [0.15, 0.2) is 5.78 Å². The Hall–Kier alpha value is -2.35. The topological polar surface area (TPSA) is 20.3 Å². The number of carbonyl (C=O) groups is 1. The monoisotopic (exact) mass is 291 g/mol. The Morgan fingerprint density at radius 2 is 1.82 bits per heavy atom. The van der Waals surface area contributed by atoms with Crippen LogP contribution in [-0.2, 0) is 6.42 Å². The van der Waals surface area contributed by atoms with Gasteiger partial charge in [0.25, 0.3) is 0 Å². The number of hydrogen-bond donors (Lipinski definition) is 0. The van der Waals surface area contributed by atoms with Crippen LogP contribution in [0.25, 0.3) is 6.08 Å². The number of fused-ring (bicyclic) bond motifs is 1. The van der Waals surface area contributed by atoms with Gasteiger partial charge in [-0.2, -0.15) is 0 Å². The first-order chi connectivity index (χ1) is 10.6. The van der Waals surface area contributed by atoms with Crippen LogP contribution in [-0.4, -0.2) is 19.9 Å². The maximum atomic E-state index is 12.3. The molecule has 0 saturated carbocycles. The van der Waals surface area contributed by atoms with E-state index in [1.165, 1.54) is 16.8 Å². The zero-order chi connectivity index (χ0) is 15.5. The van der Waals surface area contributed by atoms with Crippen LogP contribution in [0.2, 0.25) is 0 Å². The highest BCUT2D eigenvalue weighted by Gasteiger charge is 2.28. The van der Waals surface area contributed by atoms with Gasteiger partial charge in [0.05, 0.1) is 0 Å². The Bertz CT molecular complexity index is 698. The van der Waals surface area contributed by atoms with E-state index in [9.17, 15) is 4.79 Å². The summed E-state index contributed by atoms with van der Waals surface area (Å²) in [6.45, 7) is 0. The summed E-state index contributed by atoms with van der Waals surface area (Å²) in [5.41, 5.74) is 4.48. The van der Waals surface area contributed by atoms with Crippen molar-refractivity contribution in [3.05, 3.63) is 71.3 Å². The highest BCUT2D eigenvalue weighted by Crippen LogP contribution is 2.29. The lowest BCUT2D eigenvalue weighted by molar-refractivity contribution is 0.0938. The van der Waals surface area contributed by atoms with E-state index in [1.54, 1.807) is 0 Å². The molecule has 2 heteroatoms. The number of allylic oxidation sites excluding steroid dienone is 1. The summed E-state index contributed by atoms with van der Waals surface area (Å²) in [5.74, 6) is 0.401. The van der Waals surface area contributed by atoms with E-state index in [0.29, 0.717) is 5.78 Å². The summed E-state index contributed by atoms with van der Waals surface area (Å²) in [6, 6.07) is 16.4. The summed E-state index contributed by atoms with van der Waals surface area (Å²) in [7, 11) is 4.07. The van der Waals surface area contributed by atoms with Gasteiger partial charge in [-0.1, -0.05) is 48.6 Å². The van der Waals surface area contributed by atoms with Crippen LogP contribution >= 0.6 is 0 Å². The largest absolute Gasteiger partial charge is 0.378 e. The minimum Gasteiger partial charge on any atom is -0.378 e. The van der Waals surface area contributed by atoms with Crippen LogP contribution in [0.15, 0.2) is 54.6 Å². The first kappa shape index (κ1) is 14.6. The molecule has 0 heterocycles. The number of hydrogen-bond acceptors (Lipinski definition) is 2. The Kier molecular flexibility index (Phi) is 4.10. The molecular formula is C20H21NO. The van der Waals surface area contributed by atoms with Crippen molar-refractivity contribution < 1.29 is 4.79 Å². The first-order valence-electron chi connectivity index (χ1n) is 7.71. The van der Waals surface area contributed by atoms with Crippen LogP contribution in [0, 0.1) is 5.92 Å². The Morgan fingerprint density at radius 3 is 2.50 bits per heavy atom. The van der Waals surface area contributed by atoms with Crippen LogP contribution < -0.4 is 4.90 Å². The summed E-state index contributed by atoms with van der Waals surface area (Å²) in [4.78, 5) is 14.4. The van der Waals surface area contributed by atoms with Gasteiger partial charge in [-0.05, 0) is 36.1 Å². The fraction of sp³-hybridized carbons (Fsp3) is 0.250. The molecule has 0 fully saturated rings. The molecule has 2 aromatic rings. The molecule has 3 rings (SSSR count). The van der Waals surface area contributed by atoms with E-state index in [2.05, 4.69) is 47.4 Å². The number of anilines is 1. The standard InChI is InChI=1S/C20H21NO/c1-21(2)18-12-10-15(11-13-18)6-5-8-17-14-16-7-3-4-9-19(16)20(17)22/h3-7,9-13,17H,8,14H2,1-2H3. The predicted molar refractivity (Wildman–Crippen MR) is 92.4 cm³/mol. The minimum absolute atomic E-state index is 0.106. The number of benzene rings is 2.